The molecule has 0 unspecified atom stereocenters. The van der Waals surface area contributed by atoms with Crippen LogP contribution in [0.5, 0.6) is 5.75 Å². The molecule has 0 saturated carbocycles. The van der Waals surface area contributed by atoms with E-state index in [-0.39, 0.29) is 11.3 Å². The molecule has 0 aliphatic rings. The van der Waals surface area contributed by atoms with Crippen LogP contribution in [-0.4, -0.2) is 10.1 Å². The van der Waals surface area contributed by atoms with Gasteiger partial charge in [-0.05, 0) is 19.1 Å². The molecular formula is C10H8ClNO2. The van der Waals surface area contributed by atoms with E-state index >= 15 is 0 Å². The topological polar surface area (TPSA) is 53.1 Å². The number of phenolic OH excluding ortho intramolecular Hbond substituents is 1. The number of aromatic amines is 1. The van der Waals surface area contributed by atoms with E-state index in [1.54, 1.807) is 13.0 Å². The number of fused-ring (bicyclic) bond motifs is 1. The zero-order valence-electron chi connectivity index (χ0n) is 7.47. The Bertz CT molecular complexity index is 560. The summed E-state index contributed by atoms with van der Waals surface area (Å²) in [4.78, 5) is 14.0. The molecule has 2 rings (SSSR count). The first-order valence-electron chi connectivity index (χ1n) is 4.10. The van der Waals surface area contributed by atoms with Gasteiger partial charge in [-0.1, -0.05) is 11.6 Å². The average Bonchev–Trinajstić information content (AvgIpc) is 2.14. The summed E-state index contributed by atoms with van der Waals surface area (Å²) >= 11 is 5.98. The predicted molar refractivity (Wildman–Crippen MR) is 56.0 cm³/mol. The Morgan fingerprint density at radius 2 is 2.14 bits per heavy atom. The standard InChI is InChI=1S/C10H8ClNO2/c1-5-9(11)7-3-2-6(13)4-8(7)12-10(5)14/h2-4,13H,1H3,(H,12,14). The molecule has 0 aliphatic heterocycles. The third kappa shape index (κ3) is 1.26. The number of nitrogens with one attached hydrogen (secondary N) is 1. The molecule has 4 heteroatoms. The Balaban J connectivity index is 2.98. The number of halogens is 1. The maximum Gasteiger partial charge on any atom is 0.252 e. The van der Waals surface area contributed by atoms with Gasteiger partial charge in [-0.3, -0.25) is 4.79 Å². The van der Waals surface area contributed by atoms with Gasteiger partial charge in [0.05, 0.1) is 10.5 Å². The van der Waals surface area contributed by atoms with Gasteiger partial charge in [0.25, 0.3) is 5.56 Å². The van der Waals surface area contributed by atoms with Crippen LogP contribution in [0.1, 0.15) is 5.56 Å². The van der Waals surface area contributed by atoms with E-state index in [1.807, 2.05) is 0 Å². The minimum atomic E-state index is -0.229. The number of hydrogen-bond donors (Lipinski definition) is 2. The lowest BCUT2D eigenvalue weighted by Gasteiger charge is -2.03. The lowest BCUT2D eigenvalue weighted by atomic mass is 10.1. The van der Waals surface area contributed by atoms with Crippen molar-refractivity contribution in [3.63, 3.8) is 0 Å². The highest BCUT2D eigenvalue weighted by Crippen LogP contribution is 2.25. The normalized spacial score (nSPS) is 10.7. The highest BCUT2D eigenvalue weighted by atomic mass is 35.5. The smallest absolute Gasteiger partial charge is 0.252 e. The molecule has 1 heterocycles. The second kappa shape index (κ2) is 3.03. The van der Waals surface area contributed by atoms with Gasteiger partial charge in [-0.25, -0.2) is 0 Å². The van der Waals surface area contributed by atoms with Crippen molar-refractivity contribution in [2.45, 2.75) is 6.92 Å². The first-order chi connectivity index (χ1) is 6.59. The molecule has 0 radical (unpaired) electrons. The van der Waals surface area contributed by atoms with E-state index in [0.717, 1.165) is 5.39 Å². The molecule has 3 nitrogen and oxygen atoms in total. The molecule has 0 amide bonds. The molecule has 0 spiro atoms. The molecule has 0 aliphatic carbocycles. The number of phenols is 1. The summed E-state index contributed by atoms with van der Waals surface area (Å²) < 4.78 is 0. The van der Waals surface area contributed by atoms with Crippen LogP contribution >= 0.6 is 11.6 Å². The van der Waals surface area contributed by atoms with Crippen LogP contribution in [0.2, 0.25) is 5.02 Å². The van der Waals surface area contributed by atoms with Crippen LogP contribution in [0.4, 0.5) is 0 Å². The molecule has 1 aromatic heterocycles. The maximum atomic E-state index is 11.3. The number of benzene rings is 1. The Kier molecular flexibility index (Phi) is 1.97. The average molecular weight is 210 g/mol. The van der Waals surface area contributed by atoms with Crippen LogP contribution in [0.15, 0.2) is 23.0 Å². The SMILES string of the molecule is Cc1c(Cl)c2ccc(O)cc2[nH]c1=O. The first-order valence-corrected chi connectivity index (χ1v) is 4.48. The summed E-state index contributed by atoms with van der Waals surface area (Å²) in [7, 11) is 0. The van der Waals surface area contributed by atoms with Crippen LogP contribution < -0.4 is 5.56 Å². The Morgan fingerprint density at radius 3 is 2.86 bits per heavy atom. The van der Waals surface area contributed by atoms with Crippen molar-refractivity contribution < 1.29 is 5.11 Å². The molecule has 0 bridgehead atoms. The zero-order valence-corrected chi connectivity index (χ0v) is 8.22. The van der Waals surface area contributed by atoms with Crippen LogP contribution in [-0.2, 0) is 0 Å². The van der Waals surface area contributed by atoms with Gasteiger partial charge < -0.3 is 10.1 Å². The lowest BCUT2D eigenvalue weighted by molar-refractivity contribution is 0.476. The van der Waals surface area contributed by atoms with Crippen molar-refractivity contribution in [3.8, 4) is 5.75 Å². The molecule has 2 aromatic rings. The Labute approximate surface area is 85.0 Å². The molecule has 0 saturated heterocycles. The molecule has 2 N–H and O–H groups in total. The Morgan fingerprint density at radius 1 is 1.43 bits per heavy atom. The summed E-state index contributed by atoms with van der Waals surface area (Å²) in [5.41, 5.74) is 0.809. The summed E-state index contributed by atoms with van der Waals surface area (Å²) in [6, 6.07) is 4.68. The van der Waals surface area contributed by atoms with Crippen molar-refractivity contribution in [1.82, 2.24) is 4.98 Å². The van der Waals surface area contributed by atoms with E-state index in [9.17, 15) is 9.90 Å². The van der Waals surface area contributed by atoms with E-state index < -0.39 is 0 Å². The second-order valence-electron chi connectivity index (χ2n) is 3.12. The number of aromatic hydroxyl groups is 1. The third-order valence-corrected chi connectivity index (χ3v) is 2.64. The number of rotatable bonds is 0. The quantitative estimate of drug-likeness (QED) is 0.699. The van der Waals surface area contributed by atoms with E-state index in [1.165, 1.54) is 12.1 Å². The molecule has 72 valence electrons. The predicted octanol–water partition coefficient (Wildman–Crippen LogP) is 2.20. The van der Waals surface area contributed by atoms with Gasteiger partial charge in [0, 0.05) is 17.0 Å². The monoisotopic (exact) mass is 209 g/mol. The third-order valence-electron chi connectivity index (χ3n) is 2.16. The molecule has 14 heavy (non-hydrogen) atoms. The second-order valence-corrected chi connectivity index (χ2v) is 3.50. The summed E-state index contributed by atoms with van der Waals surface area (Å²) in [5.74, 6) is 0.105. The fraction of sp³-hybridized carbons (Fsp3) is 0.100. The van der Waals surface area contributed by atoms with Gasteiger partial charge in [0.15, 0.2) is 0 Å². The van der Waals surface area contributed by atoms with Gasteiger partial charge in [0.2, 0.25) is 0 Å². The number of pyridine rings is 1. The minimum Gasteiger partial charge on any atom is -0.508 e. The fourth-order valence-corrected chi connectivity index (χ4v) is 1.60. The van der Waals surface area contributed by atoms with Gasteiger partial charge in [0.1, 0.15) is 5.75 Å². The molecule has 0 fully saturated rings. The number of H-pyrrole nitrogens is 1. The van der Waals surface area contributed by atoms with Crippen molar-refractivity contribution in [1.29, 1.82) is 0 Å². The van der Waals surface area contributed by atoms with Crippen LogP contribution in [0.3, 0.4) is 0 Å². The highest BCUT2D eigenvalue weighted by Gasteiger charge is 2.06. The summed E-state index contributed by atoms with van der Waals surface area (Å²) in [6.45, 7) is 1.66. The maximum absolute atomic E-state index is 11.3. The molecule has 0 atom stereocenters. The highest BCUT2D eigenvalue weighted by molar-refractivity contribution is 6.36. The van der Waals surface area contributed by atoms with Crippen LogP contribution in [0.25, 0.3) is 10.9 Å². The number of hydrogen-bond acceptors (Lipinski definition) is 2. The molecule has 1 aromatic carbocycles. The van der Waals surface area contributed by atoms with Gasteiger partial charge in [-0.2, -0.15) is 0 Å². The van der Waals surface area contributed by atoms with E-state index in [0.29, 0.717) is 16.1 Å². The summed E-state index contributed by atoms with van der Waals surface area (Å²) in [5, 5.41) is 10.4. The van der Waals surface area contributed by atoms with Crippen molar-refractivity contribution >= 4 is 22.5 Å². The van der Waals surface area contributed by atoms with Crippen LogP contribution in [0, 0.1) is 6.92 Å². The number of aromatic nitrogens is 1. The Hall–Kier alpha value is -1.48. The lowest BCUT2D eigenvalue weighted by Crippen LogP contribution is -2.09. The van der Waals surface area contributed by atoms with Crippen molar-refractivity contribution in [2.24, 2.45) is 0 Å². The minimum absolute atomic E-state index is 0.105. The van der Waals surface area contributed by atoms with Gasteiger partial charge >= 0.3 is 0 Å². The van der Waals surface area contributed by atoms with E-state index in [4.69, 9.17) is 11.6 Å². The first kappa shape index (κ1) is 9.09. The van der Waals surface area contributed by atoms with Crippen molar-refractivity contribution in [2.75, 3.05) is 0 Å². The van der Waals surface area contributed by atoms with E-state index in [2.05, 4.69) is 4.98 Å². The van der Waals surface area contributed by atoms with Gasteiger partial charge in [-0.15, -0.1) is 0 Å². The fourth-order valence-electron chi connectivity index (χ4n) is 1.34. The molecular weight excluding hydrogens is 202 g/mol. The zero-order chi connectivity index (χ0) is 10.3. The van der Waals surface area contributed by atoms with Crippen molar-refractivity contribution in [3.05, 3.63) is 39.1 Å². The largest absolute Gasteiger partial charge is 0.508 e. The summed E-state index contributed by atoms with van der Waals surface area (Å²) in [6.07, 6.45) is 0.